The Bertz CT molecular complexity index is 818. The third-order valence-electron chi connectivity index (χ3n) is 5.74. The minimum Gasteiger partial charge on any atom is -0.326 e. The number of likely N-dealkylation sites (tertiary alicyclic amines) is 1. The van der Waals surface area contributed by atoms with Gasteiger partial charge in [0.15, 0.2) is 0 Å². The van der Waals surface area contributed by atoms with Crippen molar-refractivity contribution in [2.24, 2.45) is 5.92 Å². The Hall–Kier alpha value is -2.14. The molecule has 0 spiro atoms. The first-order chi connectivity index (χ1) is 13.9. The van der Waals surface area contributed by atoms with E-state index in [1.807, 2.05) is 19.1 Å². The molecule has 0 aliphatic carbocycles. The van der Waals surface area contributed by atoms with Gasteiger partial charge in [0, 0.05) is 30.9 Å². The number of hydrogen-bond donors (Lipinski definition) is 1. The summed E-state index contributed by atoms with van der Waals surface area (Å²) in [6.07, 6.45) is 5.15. The number of aryl methyl sites for hydroxylation is 1. The van der Waals surface area contributed by atoms with Crippen molar-refractivity contribution in [3.8, 4) is 0 Å². The van der Waals surface area contributed by atoms with Crippen LogP contribution in [0.25, 0.3) is 0 Å². The van der Waals surface area contributed by atoms with Gasteiger partial charge >= 0.3 is 0 Å². The van der Waals surface area contributed by atoms with Crippen LogP contribution in [0.2, 0.25) is 0 Å². The number of piperidine rings is 1. The van der Waals surface area contributed by atoms with Gasteiger partial charge in [-0.2, -0.15) is 5.10 Å². The molecule has 0 atom stereocenters. The number of carbonyl (C=O) groups is 1. The highest BCUT2D eigenvalue weighted by atomic mass is 16.1. The van der Waals surface area contributed by atoms with Crippen LogP contribution in [0.3, 0.4) is 0 Å². The summed E-state index contributed by atoms with van der Waals surface area (Å²) in [5, 5.41) is 7.74. The van der Waals surface area contributed by atoms with Crippen LogP contribution in [-0.2, 0) is 24.3 Å². The van der Waals surface area contributed by atoms with E-state index in [0.29, 0.717) is 12.3 Å². The smallest absolute Gasteiger partial charge is 0.224 e. The number of aromatic nitrogens is 2. The quantitative estimate of drug-likeness (QED) is 0.703. The van der Waals surface area contributed by atoms with E-state index in [4.69, 9.17) is 0 Å². The fourth-order valence-corrected chi connectivity index (χ4v) is 4.20. The summed E-state index contributed by atoms with van der Waals surface area (Å²) in [6, 6.07) is 8.29. The van der Waals surface area contributed by atoms with E-state index >= 15 is 0 Å². The van der Waals surface area contributed by atoms with Crippen LogP contribution in [0.15, 0.2) is 24.3 Å². The lowest BCUT2D eigenvalue weighted by atomic mass is 10.1. The standard InChI is InChI=1S/C24H36N4O/c1-18(2)16-28-20(4)23(19(3)26-28)11-12-24(29)25-22-10-8-9-21(15-22)17-27-13-6-5-7-14-27/h8-10,15,18H,5-7,11-14,16-17H2,1-4H3,(H,25,29). The van der Waals surface area contributed by atoms with Crippen molar-refractivity contribution in [2.75, 3.05) is 18.4 Å². The molecule has 2 heterocycles. The molecule has 0 unspecified atom stereocenters. The molecule has 1 aliphatic heterocycles. The summed E-state index contributed by atoms with van der Waals surface area (Å²) in [5.74, 6) is 0.622. The summed E-state index contributed by atoms with van der Waals surface area (Å²) < 4.78 is 2.08. The molecule has 1 saturated heterocycles. The summed E-state index contributed by atoms with van der Waals surface area (Å²) in [4.78, 5) is 15.1. The van der Waals surface area contributed by atoms with E-state index in [1.54, 1.807) is 0 Å². The molecule has 1 aliphatic rings. The first-order valence-electron chi connectivity index (χ1n) is 11.1. The second-order valence-corrected chi connectivity index (χ2v) is 8.81. The largest absolute Gasteiger partial charge is 0.326 e. The van der Waals surface area contributed by atoms with Gasteiger partial charge < -0.3 is 5.32 Å². The number of nitrogens with zero attached hydrogens (tertiary/aromatic N) is 3. The van der Waals surface area contributed by atoms with E-state index in [-0.39, 0.29) is 5.91 Å². The Morgan fingerprint density at radius 2 is 1.93 bits per heavy atom. The van der Waals surface area contributed by atoms with Crippen LogP contribution in [0, 0.1) is 19.8 Å². The summed E-state index contributed by atoms with van der Waals surface area (Å²) in [7, 11) is 0. The van der Waals surface area contributed by atoms with Crippen LogP contribution in [0.5, 0.6) is 0 Å². The number of benzene rings is 1. The topological polar surface area (TPSA) is 50.2 Å². The van der Waals surface area contributed by atoms with Gasteiger partial charge in [-0.15, -0.1) is 0 Å². The maximum absolute atomic E-state index is 12.5. The Morgan fingerprint density at radius 1 is 1.17 bits per heavy atom. The molecule has 1 aromatic heterocycles. The highest BCUT2D eigenvalue weighted by Crippen LogP contribution is 2.19. The van der Waals surface area contributed by atoms with Gasteiger partial charge in [-0.1, -0.05) is 32.4 Å². The zero-order valence-corrected chi connectivity index (χ0v) is 18.5. The molecule has 158 valence electrons. The Kier molecular flexibility index (Phi) is 7.48. The van der Waals surface area contributed by atoms with Gasteiger partial charge in [-0.3, -0.25) is 14.4 Å². The lowest BCUT2D eigenvalue weighted by molar-refractivity contribution is -0.116. The summed E-state index contributed by atoms with van der Waals surface area (Å²) in [5.41, 5.74) is 5.60. The molecule has 2 aromatic rings. The van der Waals surface area contributed by atoms with E-state index in [0.717, 1.165) is 30.9 Å². The fourth-order valence-electron chi connectivity index (χ4n) is 4.20. The monoisotopic (exact) mass is 396 g/mol. The van der Waals surface area contributed by atoms with Crippen molar-refractivity contribution < 1.29 is 4.79 Å². The van der Waals surface area contributed by atoms with Crippen molar-refractivity contribution in [2.45, 2.75) is 72.9 Å². The minimum absolute atomic E-state index is 0.0653. The molecule has 1 N–H and O–H groups in total. The normalized spacial score (nSPS) is 15.1. The van der Waals surface area contributed by atoms with Gasteiger partial charge in [-0.25, -0.2) is 0 Å². The molecule has 1 aromatic carbocycles. The number of nitrogens with one attached hydrogen (secondary N) is 1. The molecule has 3 rings (SSSR count). The highest BCUT2D eigenvalue weighted by Gasteiger charge is 2.14. The Balaban J connectivity index is 1.54. The van der Waals surface area contributed by atoms with Crippen molar-refractivity contribution in [3.05, 3.63) is 46.8 Å². The number of amides is 1. The maximum Gasteiger partial charge on any atom is 0.224 e. The van der Waals surface area contributed by atoms with Crippen molar-refractivity contribution in [1.82, 2.24) is 14.7 Å². The molecule has 5 nitrogen and oxygen atoms in total. The zero-order chi connectivity index (χ0) is 20.8. The molecule has 29 heavy (non-hydrogen) atoms. The van der Waals surface area contributed by atoms with E-state index in [1.165, 1.54) is 49.2 Å². The molecular weight excluding hydrogens is 360 g/mol. The third kappa shape index (κ3) is 6.17. The Morgan fingerprint density at radius 3 is 2.66 bits per heavy atom. The summed E-state index contributed by atoms with van der Waals surface area (Å²) >= 11 is 0. The number of rotatable bonds is 8. The average molecular weight is 397 g/mol. The average Bonchev–Trinajstić information content (AvgIpc) is 2.93. The van der Waals surface area contributed by atoms with Gasteiger partial charge in [0.05, 0.1) is 5.69 Å². The van der Waals surface area contributed by atoms with Gasteiger partial charge in [0.25, 0.3) is 0 Å². The third-order valence-corrected chi connectivity index (χ3v) is 5.74. The lowest BCUT2D eigenvalue weighted by Crippen LogP contribution is -2.29. The number of anilines is 1. The SMILES string of the molecule is Cc1nn(CC(C)C)c(C)c1CCC(=O)Nc1cccc(CN2CCCCC2)c1. The minimum atomic E-state index is 0.0653. The van der Waals surface area contributed by atoms with Gasteiger partial charge in [0.1, 0.15) is 0 Å². The van der Waals surface area contributed by atoms with Gasteiger partial charge in [0.2, 0.25) is 5.91 Å². The van der Waals surface area contributed by atoms with E-state index < -0.39 is 0 Å². The van der Waals surface area contributed by atoms with Crippen molar-refractivity contribution in [3.63, 3.8) is 0 Å². The molecule has 5 heteroatoms. The highest BCUT2D eigenvalue weighted by molar-refractivity contribution is 5.90. The second kappa shape index (κ2) is 10.1. The van der Waals surface area contributed by atoms with E-state index in [9.17, 15) is 4.79 Å². The molecule has 0 bridgehead atoms. The van der Waals surface area contributed by atoms with Crippen LogP contribution >= 0.6 is 0 Å². The molecular formula is C24H36N4O. The zero-order valence-electron chi connectivity index (χ0n) is 18.5. The first-order valence-corrected chi connectivity index (χ1v) is 11.1. The van der Waals surface area contributed by atoms with Gasteiger partial charge in [-0.05, 0) is 75.4 Å². The van der Waals surface area contributed by atoms with Crippen LogP contribution in [0.4, 0.5) is 5.69 Å². The number of carbonyl (C=O) groups excluding carboxylic acids is 1. The summed E-state index contributed by atoms with van der Waals surface area (Å²) in [6.45, 7) is 12.8. The van der Waals surface area contributed by atoms with Crippen LogP contribution in [0.1, 0.15) is 62.0 Å². The Labute approximate surface area is 175 Å². The first kappa shape index (κ1) is 21.6. The van der Waals surface area contributed by atoms with Crippen molar-refractivity contribution >= 4 is 11.6 Å². The molecule has 1 amide bonds. The van der Waals surface area contributed by atoms with Crippen LogP contribution in [-0.4, -0.2) is 33.7 Å². The molecule has 0 saturated carbocycles. The fraction of sp³-hybridized carbons (Fsp3) is 0.583. The maximum atomic E-state index is 12.5. The lowest BCUT2D eigenvalue weighted by Gasteiger charge is -2.26. The van der Waals surface area contributed by atoms with Crippen molar-refractivity contribution in [1.29, 1.82) is 0 Å². The predicted octanol–water partition coefficient (Wildman–Crippen LogP) is 4.71. The molecule has 1 fully saturated rings. The number of hydrogen-bond acceptors (Lipinski definition) is 3. The second-order valence-electron chi connectivity index (χ2n) is 8.81. The van der Waals surface area contributed by atoms with E-state index in [2.05, 4.69) is 52.9 Å². The van der Waals surface area contributed by atoms with Crippen LogP contribution < -0.4 is 5.32 Å². The predicted molar refractivity (Wildman–Crippen MR) is 119 cm³/mol. The molecule has 0 radical (unpaired) electrons.